The molecule has 0 bridgehead atoms. The molecule has 0 amide bonds. The summed E-state index contributed by atoms with van der Waals surface area (Å²) in [5.41, 5.74) is 3.69. The zero-order valence-corrected chi connectivity index (χ0v) is 21.2. The number of aryl methyl sites for hydroxylation is 2. The Morgan fingerprint density at radius 2 is 1.89 bits per heavy atom. The number of carbonyl (C=O) groups is 1. The number of thiophene rings is 1. The standard InChI is InChI=1S/C27H24N4O2S2/c1-16-11-13-19(14-12-16)30-24(33)23-22-17(2)7-6-10-21(22)35-25(23)31-26(30)28-29-27(31)34-15-20(32)18-8-4-3-5-9-18/h3-5,8-9,11-14,17H,6-7,10,15H2,1-2H3. The maximum atomic E-state index is 14.0. The predicted molar refractivity (Wildman–Crippen MR) is 142 cm³/mol. The van der Waals surface area contributed by atoms with E-state index in [4.69, 9.17) is 0 Å². The summed E-state index contributed by atoms with van der Waals surface area (Å²) in [6, 6.07) is 17.2. The molecular formula is C27H24N4O2S2. The van der Waals surface area contributed by atoms with Crippen LogP contribution < -0.4 is 5.56 Å². The summed E-state index contributed by atoms with van der Waals surface area (Å²) in [5, 5.41) is 10.3. The van der Waals surface area contributed by atoms with Crippen LogP contribution in [0.3, 0.4) is 0 Å². The number of Topliss-reactive ketones (excluding diaryl/α,β-unsaturated/α-hetero) is 1. The molecule has 3 aromatic heterocycles. The van der Waals surface area contributed by atoms with Gasteiger partial charge in [-0.3, -0.25) is 9.59 Å². The molecule has 0 spiro atoms. The van der Waals surface area contributed by atoms with Crippen molar-refractivity contribution in [3.63, 3.8) is 0 Å². The quantitative estimate of drug-likeness (QED) is 0.225. The Balaban J connectivity index is 1.56. The highest BCUT2D eigenvalue weighted by Crippen LogP contribution is 2.41. The minimum Gasteiger partial charge on any atom is -0.293 e. The fourth-order valence-corrected chi connectivity index (χ4v) is 7.24. The van der Waals surface area contributed by atoms with E-state index in [2.05, 4.69) is 17.1 Å². The number of aromatic nitrogens is 4. The van der Waals surface area contributed by atoms with Gasteiger partial charge in [-0.05, 0) is 49.8 Å². The maximum absolute atomic E-state index is 14.0. The van der Waals surface area contributed by atoms with Crippen molar-refractivity contribution < 1.29 is 4.79 Å². The van der Waals surface area contributed by atoms with Gasteiger partial charge in [-0.25, -0.2) is 8.97 Å². The minimum atomic E-state index is -0.0492. The van der Waals surface area contributed by atoms with Gasteiger partial charge in [0.25, 0.3) is 5.56 Å². The van der Waals surface area contributed by atoms with Crippen LogP contribution in [0.25, 0.3) is 21.7 Å². The number of hydrogen-bond donors (Lipinski definition) is 0. The lowest BCUT2D eigenvalue weighted by Gasteiger charge is -2.18. The maximum Gasteiger partial charge on any atom is 0.268 e. The molecule has 1 unspecified atom stereocenters. The van der Waals surface area contributed by atoms with E-state index in [0.717, 1.165) is 40.7 Å². The molecule has 1 aliphatic carbocycles. The Hall–Kier alpha value is -3.23. The topological polar surface area (TPSA) is 69.3 Å². The van der Waals surface area contributed by atoms with Gasteiger partial charge in [0.05, 0.1) is 16.8 Å². The van der Waals surface area contributed by atoms with E-state index in [1.165, 1.54) is 22.2 Å². The summed E-state index contributed by atoms with van der Waals surface area (Å²) in [4.78, 5) is 28.9. The number of ketones is 1. The Morgan fingerprint density at radius 3 is 2.66 bits per heavy atom. The normalized spacial score (nSPS) is 15.5. The van der Waals surface area contributed by atoms with Crippen molar-refractivity contribution in [2.45, 2.75) is 44.2 Å². The lowest BCUT2D eigenvalue weighted by Crippen LogP contribution is -2.22. The Bertz CT molecular complexity index is 1630. The van der Waals surface area contributed by atoms with Crippen LogP contribution in [-0.2, 0) is 6.42 Å². The molecule has 0 saturated heterocycles. The van der Waals surface area contributed by atoms with Gasteiger partial charge in [-0.15, -0.1) is 21.5 Å². The van der Waals surface area contributed by atoms with Crippen molar-refractivity contribution in [2.75, 3.05) is 5.75 Å². The number of fused-ring (bicyclic) bond motifs is 5. The van der Waals surface area contributed by atoms with Crippen molar-refractivity contribution in [1.82, 2.24) is 19.2 Å². The van der Waals surface area contributed by atoms with Crippen molar-refractivity contribution in [3.05, 3.63) is 86.5 Å². The summed E-state index contributed by atoms with van der Waals surface area (Å²) in [6.07, 6.45) is 3.20. The molecule has 2 aromatic carbocycles. The molecule has 0 aliphatic heterocycles. The van der Waals surface area contributed by atoms with E-state index in [0.29, 0.717) is 22.4 Å². The van der Waals surface area contributed by atoms with Crippen LogP contribution in [0.15, 0.2) is 64.5 Å². The summed E-state index contributed by atoms with van der Waals surface area (Å²) in [5.74, 6) is 1.09. The van der Waals surface area contributed by atoms with Gasteiger partial charge >= 0.3 is 0 Å². The van der Waals surface area contributed by atoms with Crippen molar-refractivity contribution >= 4 is 44.9 Å². The monoisotopic (exact) mass is 500 g/mol. The molecular weight excluding hydrogens is 476 g/mol. The lowest BCUT2D eigenvalue weighted by molar-refractivity contribution is 0.102. The van der Waals surface area contributed by atoms with Crippen LogP contribution in [0, 0.1) is 6.92 Å². The van der Waals surface area contributed by atoms with Crippen molar-refractivity contribution in [1.29, 1.82) is 0 Å². The molecule has 0 N–H and O–H groups in total. The highest BCUT2D eigenvalue weighted by Gasteiger charge is 2.28. The highest BCUT2D eigenvalue weighted by atomic mass is 32.2. The second-order valence-electron chi connectivity index (χ2n) is 9.08. The second kappa shape index (κ2) is 8.77. The van der Waals surface area contributed by atoms with Crippen LogP contribution in [-0.4, -0.2) is 30.7 Å². The van der Waals surface area contributed by atoms with Gasteiger partial charge in [0, 0.05) is 10.4 Å². The van der Waals surface area contributed by atoms with Gasteiger partial charge in [0.15, 0.2) is 10.9 Å². The number of benzene rings is 2. The fourth-order valence-electron chi connectivity index (χ4n) is 4.91. The molecule has 3 heterocycles. The average molecular weight is 501 g/mol. The molecule has 35 heavy (non-hydrogen) atoms. The van der Waals surface area contributed by atoms with Crippen LogP contribution in [0.5, 0.6) is 0 Å². The van der Waals surface area contributed by atoms with E-state index in [9.17, 15) is 9.59 Å². The first kappa shape index (κ1) is 22.2. The van der Waals surface area contributed by atoms with Gasteiger partial charge in [-0.1, -0.05) is 66.7 Å². The lowest BCUT2D eigenvalue weighted by atomic mass is 9.88. The first-order valence-corrected chi connectivity index (χ1v) is 13.6. The largest absolute Gasteiger partial charge is 0.293 e. The van der Waals surface area contributed by atoms with Gasteiger partial charge < -0.3 is 0 Å². The third-order valence-electron chi connectivity index (χ3n) is 6.69. The summed E-state index contributed by atoms with van der Waals surface area (Å²) in [6.45, 7) is 4.24. The van der Waals surface area contributed by atoms with Gasteiger partial charge in [0.1, 0.15) is 4.83 Å². The zero-order chi connectivity index (χ0) is 24.1. The van der Waals surface area contributed by atoms with Crippen LogP contribution >= 0.6 is 23.1 Å². The number of nitrogens with zero attached hydrogens (tertiary/aromatic N) is 4. The Kier molecular flexibility index (Phi) is 5.57. The van der Waals surface area contributed by atoms with Gasteiger partial charge in [0.2, 0.25) is 5.78 Å². The average Bonchev–Trinajstić information content (AvgIpc) is 3.47. The van der Waals surface area contributed by atoms with E-state index in [1.54, 1.807) is 15.9 Å². The van der Waals surface area contributed by atoms with Crippen LogP contribution in [0.2, 0.25) is 0 Å². The van der Waals surface area contributed by atoms with E-state index < -0.39 is 0 Å². The summed E-state index contributed by atoms with van der Waals surface area (Å²) < 4.78 is 3.65. The fraction of sp³-hybridized carbons (Fsp3) is 0.259. The molecule has 176 valence electrons. The molecule has 6 rings (SSSR count). The number of rotatable bonds is 5. The smallest absolute Gasteiger partial charge is 0.268 e. The van der Waals surface area contributed by atoms with E-state index >= 15 is 0 Å². The molecule has 0 fully saturated rings. The third-order valence-corrected chi connectivity index (χ3v) is 8.87. The second-order valence-corrected chi connectivity index (χ2v) is 11.1. The van der Waals surface area contributed by atoms with E-state index in [1.807, 2.05) is 65.9 Å². The predicted octanol–water partition coefficient (Wildman–Crippen LogP) is 5.82. The van der Waals surface area contributed by atoms with Crippen molar-refractivity contribution in [2.24, 2.45) is 0 Å². The number of thioether (sulfide) groups is 1. The zero-order valence-electron chi connectivity index (χ0n) is 19.5. The molecule has 6 nitrogen and oxygen atoms in total. The molecule has 0 radical (unpaired) electrons. The number of hydrogen-bond acceptors (Lipinski definition) is 6. The third kappa shape index (κ3) is 3.72. The first-order chi connectivity index (χ1) is 17.0. The summed E-state index contributed by atoms with van der Waals surface area (Å²) >= 11 is 3.04. The van der Waals surface area contributed by atoms with E-state index in [-0.39, 0.29) is 17.1 Å². The van der Waals surface area contributed by atoms with Crippen LogP contribution in [0.4, 0.5) is 0 Å². The SMILES string of the molecule is Cc1ccc(-n2c(=O)c3c4c(sc3n3c(SCC(=O)c5ccccc5)nnc23)CCCC4C)cc1. The summed E-state index contributed by atoms with van der Waals surface area (Å²) in [7, 11) is 0. The van der Waals surface area contributed by atoms with Gasteiger partial charge in [-0.2, -0.15) is 0 Å². The highest BCUT2D eigenvalue weighted by molar-refractivity contribution is 7.99. The molecule has 1 aliphatic rings. The minimum absolute atomic E-state index is 0.0366. The molecule has 5 aromatic rings. The van der Waals surface area contributed by atoms with Crippen LogP contribution in [0.1, 0.15) is 52.0 Å². The molecule has 1 atom stereocenters. The first-order valence-electron chi connectivity index (χ1n) is 11.8. The molecule has 0 saturated carbocycles. The number of carbonyl (C=O) groups excluding carboxylic acids is 1. The Morgan fingerprint density at radius 1 is 1.11 bits per heavy atom. The molecule has 8 heteroatoms. The Labute approximate surface area is 210 Å². The van der Waals surface area contributed by atoms with Crippen molar-refractivity contribution in [3.8, 4) is 5.69 Å².